The first-order chi connectivity index (χ1) is 16.4. The molecule has 0 saturated heterocycles. The van der Waals surface area contributed by atoms with Crippen LogP contribution in [0.15, 0.2) is 60.8 Å². The highest BCUT2D eigenvalue weighted by Gasteiger charge is 2.05. The van der Waals surface area contributed by atoms with Crippen LogP contribution in [0.3, 0.4) is 0 Å². The van der Waals surface area contributed by atoms with E-state index in [4.69, 9.17) is 0 Å². The van der Waals surface area contributed by atoms with Crippen molar-refractivity contribution in [2.45, 2.75) is 20.8 Å². The van der Waals surface area contributed by atoms with Gasteiger partial charge in [-0.1, -0.05) is 0 Å². The van der Waals surface area contributed by atoms with Gasteiger partial charge in [0, 0.05) is 40.6 Å². The largest absolute Gasteiger partial charge is 0.355 e. The summed E-state index contributed by atoms with van der Waals surface area (Å²) in [5.41, 5.74) is 12.0. The van der Waals surface area contributed by atoms with Crippen LogP contribution in [0.2, 0.25) is 0 Å². The van der Waals surface area contributed by atoms with E-state index in [0.29, 0.717) is 0 Å². The normalized spacial score (nSPS) is 11.9. The molecule has 5 nitrogen and oxygen atoms in total. The van der Waals surface area contributed by atoms with Crippen LogP contribution in [0.4, 0.5) is 0 Å². The average Bonchev–Trinajstić information content (AvgIpc) is 3.61. The van der Waals surface area contributed by atoms with Gasteiger partial charge >= 0.3 is 0 Å². The van der Waals surface area contributed by atoms with Crippen molar-refractivity contribution in [3.8, 4) is 0 Å². The third-order valence-corrected chi connectivity index (χ3v) is 6.25. The lowest BCUT2D eigenvalue weighted by atomic mass is 10.1. The number of hydrogen-bond donors (Lipinski definition) is 2. The number of fused-ring (bicyclic) bond motifs is 8. The second kappa shape index (κ2) is 8.94. The molecule has 2 aliphatic heterocycles. The molecule has 6 rings (SSSR count). The zero-order valence-electron chi connectivity index (χ0n) is 19.9. The number of pyridine rings is 1. The Morgan fingerprint density at radius 2 is 0.971 bits per heavy atom. The number of H-pyrrole nitrogens is 2. The van der Waals surface area contributed by atoms with Crippen LogP contribution in [0.5, 0.6) is 0 Å². The fourth-order valence-electron chi connectivity index (χ4n) is 3.95. The van der Waals surface area contributed by atoms with E-state index < -0.39 is 0 Å². The first kappa shape index (κ1) is 21.6. The highest BCUT2D eigenvalue weighted by atomic mass is 14.9. The number of nitrogens with one attached hydrogen (secondary N) is 2. The van der Waals surface area contributed by atoms with Gasteiger partial charge in [0.2, 0.25) is 0 Å². The van der Waals surface area contributed by atoms with Crippen molar-refractivity contribution >= 4 is 46.4 Å². The third kappa shape index (κ3) is 4.74. The Hall–Kier alpha value is -4.25. The van der Waals surface area contributed by atoms with E-state index in [1.807, 2.05) is 48.6 Å². The van der Waals surface area contributed by atoms with Crippen molar-refractivity contribution in [3.63, 3.8) is 0 Å². The Bertz CT molecular complexity index is 1400. The smallest absolute Gasteiger partial charge is 0.181 e. The summed E-state index contributed by atoms with van der Waals surface area (Å²) in [5.74, 6) is 0. The fraction of sp³-hybridized carbons (Fsp3) is 0.138. The molecule has 4 aromatic rings. The lowest BCUT2D eigenvalue weighted by Gasteiger charge is -2.00. The van der Waals surface area contributed by atoms with Crippen LogP contribution in [-0.2, 0) is 7.05 Å². The quantitative estimate of drug-likeness (QED) is 0.277. The second-order valence-corrected chi connectivity index (χ2v) is 8.73. The average molecular weight is 447 g/mol. The molecule has 2 aliphatic rings. The molecule has 0 aromatic carbocycles. The van der Waals surface area contributed by atoms with Crippen LogP contribution < -0.4 is 4.57 Å². The van der Waals surface area contributed by atoms with Crippen LogP contribution in [-0.4, -0.2) is 19.9 Å². The number of aromatic nitrogens is 5. The monoisotopic (exact) mass is 446 g/mol. The lowest BCUT2D eigenvalue weighted by Crippen LogP contribution is -2.32. The number of aryl methyl sites for hydroxylation is 2. The van der Waals surface area contributed by atoms with Gasteiger partial charge in [0.25, 0.3) is 0 Å². The van der Waals surface area contributed by atoms with E-state index in [1.165, 1.54) is 16.8 Å². The van der Waals surface area contributed by atoms with Crippen LogP contribution >= 0.6 is 0 Å². The number of hydrogen-bond acceptors (Lipinski definition) is 2. The highest BCUT2D eigenvalue weighted by molar-refractivity contribution is 5.77. The van der Waals surface area contributed by atoms with Crippen molar-refractivity contribution in [3.05, 3.63) is 100 Å². The highest BCUT2D eigenvalue weighted by Crippen LogP contribution is 2.17. The zero-order valence-corrected chi connectivity index (χ0v) is 19.9. The molecule has 0 unspecified atom stereocenters. The van der Waals surface area contributed by atoms with E-state index in [-0.39, 0.29) is 0 Å². The standard InChI is InChI=1S/C20H14N4.C9H14N/c1-2-14-10-16-5-6-18(23-16)12-20-8-7-19(24-20)11-17-4-3-15(22-17)9-13(1)21-14;1-7-5-6-10(4)9(3)8(7)2/h1-12,21,24H;5-6H,1-4H3/q;+1. The minimum atomic E-state index is 0.939. The summed E-state index contributed by atoms with van der Waals surface area (Å²) < 4.78 is 2.14. The van der Waals surface area contributed by atoms with E-state index >= 15 is 0 Å². The summed E-state index contributed by atoms with van der Waals surface area (Å²) >= 11 is 0. The maximum atomic E-state index is 4.63. The third-order valence-electron chi connectivity index (χ3n) is 6.25. The van der Waals surface area contributed by atoms with Gasteiger partial charge in [0.05, 0.1) is 22.8 Å². The molecule has 0 amide bonds. The van der Waals surface area contributed by atoms with E-state index in [0.717, 1.165) is 44.8 Å². The molecule has 0 radical (unpaired) electrons. The minimum absolute atomic E-state index is 0.939. The maximum Gasteiger partial charge on any atom is 0.181 e. The summed E-state index contributed by atoms with van der Waals surface area (Å²) in [5, 5.41) is 0. The first-order valence-electron chi connectivity index (χ1n) is 11.4. The van der Waals surface area contributed by atoms with Gasteiger partial charge in [-0.2, -0.15) is 0 Å². The summed E-state index contributed by atoms with van der Waals surface area (Å²) in [7, 11) is 2.07. The van der Waals surface area contributed by atoms with Crippen LogP contribution in [0.1, 0.15) is 39.6 Å². The molecule has 5 heteroatoms. The Morgan fingerprint density at radius 1 is 0.588 bits per heavy atom. The minimum Gasteiger partial charge on any atom is -0.355 e. The second-order valence-electron chi connectivity index (χ2n) is 8.73. The fourth-order valence-corrected chi connectivity index (χ4v) is 3.95. The maximum absolute atomic E-state index is 4.63. The Balaban J connectivity index is 0.000000204. The Kier molecular flexibility index (Phi) is 5.68. The molecule has 0 atom stereocenters. The summed E-state index contributed by atoms with van der Waals surface area (Å²) in [6.45, 7) is 6.44. The van der Waals surface area contributed by atoms with Crippen molar-refractivity contribution in [1.82, 2.24) is 19.9 Å². The van der Waals surface area contributed by atoms with Crippen molar-refractivity contribution < 1.29 is 4.57 Å². The van der Waals surface area contributed by atoms with Gasteiger partial charge in [0.1, 0.15) is 7.05 Å². The molecule has 0 spiro atoms. The van der Waals surface area contributed by atoms with Crippen molar-refractivity contribution in [2.75, 3.05) is 0 Å². The molecular formula is C29H28N5+. The Labute approximate surface area is 199 Å². The molecule has 6 heterocycles. The molecule has 0 fully saturated rings. The number of aromatic amines is 2. The molecule has 0 aliphatic carbocycles. The SMILES string of the molecule is C1=Cc2cc3ccc(cc4nc(cc5ccc(cc1n2)[nH]5)C=C4)[nH]3.Cc1cc[n+](C)c(C)c1C. The number of nitrogens with zero attached hydrogens (tertiary/aromatic N) is 3. The summed E-state index contributed by atoms with van der Waals surface area (Å²) in [6, 6.07) is 18.5. The van der Waals surface area contributed by atoms with Gasteiger partial charge in [-0.05, 0) is 92.2 Å². The van der Waals surface area contributed by atoms with Crippen molar-refractivity contribution in [2.24, 2.45) is 7.05 Å². The van der Waals surface area contributed by atoms with E-state index in [2.05, 4.69) is 88.9 Å². The van der Waals surface area contributed by atoms with Crippen LogP contribution in [0.25, 0.3) is 46.4 Å². The van der Waals surface area contributed by atoms with Gasteiger partial charge < -0.3 is 9.97 Å². The molecular weight excluding hydrogens is 418 g/mol. The molecule has 2 N–H and O–H groups in total. The summed E-state index contributed by atoms with van der Waals surface area (Å²) in [6.07, 6.45) is 10.2. The van der Waals surface area contributed by atoms with Gasteiger partial charge in [-0.25, -0.2) is 14.5 Å². The van der Waals surface area contributed by atoms with E-state index in [1.54, 1.807) is 0 Å². The van der Waals surface area contributed by atoms with Gasteiger partial charge in [-0.15, -0.1) is 0 Å². The molecule has 4 aromatic heterocycles. The predicted octanol–water partition coefficient (Wildman–Crippen LogP) is 6.09. The predicted molar refractivity (Wildman–Crippen MR) is 141 cm³/mol. The van der Waals surface area contributed by atoms with Gasteiger partial charge in [-0.3, -0.25) is 0 Å². The summed E-state index contributed by atoms with van der Waals surface area (Å²) in [4.78, 5) is 16.0. The number of rotatable bonds is 0. The zero-order chi connectivity index (χ0) is 23.7. The molecule has 8 bridgehead atoms. The Morgan fingerprint density at radius 3 is 1.32 bits per heavy atom. The van der Waals surface area contributed by atoms with Gasteiger partial charge in [0.15, 0.2) is 11.9 Å². The molecule has 168 valence electrons. The van der Waals surface area contributed by atoms with Crippen LogP contribution in [0, 0.1) is 20.8 Å². The van der Waals surface area contributed by atoms with Crippen molar-refractivity contribution in [1.29, 1.82) is 0 Å². The molecule has 34 heavy (non-hydrogen) atoms. The van der Waals surface area contributed by atoms with E-state index in [9.17, 15) is 0 Å². The lowest BCUT2D eigenvalue weighted by molar-refractivity contribution is -0.678. The molecule has 0 saturated carbocycles. The topological polar surface area (TPSA) is 61.2 Å². The first-order valence-corrected chi connectivity index (χ1v) is 11.4.